The average Bonchev–Trinajstić information content (AvgIpc) is 3.16. The molecule has 132 valence electrons. The third kappa shape index (κ3) is 3.23. The van der Waals surface area contributed by atoms with Gasteiger partial charge in [0.1, 0.15) is 5.69 Å². The number of nitrogens with one attached hydrogen (secondary N) is 1. The third-order valence-corrected chi connectivity index (χ3v) is 4.69. The van der Waals surface area contributed by atoms with Gasteiger partial charge in [0.25, 0.3) is 0 Å². The van der Waals surface area contributed by atoms with Gasteiger partial charge >= 0.3 is 5.97 Å². The first kappa shape index (κ1) is 16.5. The van der Waals surface area contributed by atoms with Gasteiger partial charge in [-0.25, -0.2) is 14.8 Å². The van der Waals surface area contributed by atoms with Crippen molar-refractivity contribution >= 4 is 5.97 Å². The van der Waals surface area contributed by atoms with E-state index in [1.807, 2.05) is 18.2 Å². The van der Waals surface area contributed by atoms with E-state index in [9.17, 15) is 4.79 Å². The van der Waals surface area contributed by atoms with Gasteiger partial charge < -0.3 is 9.72 Å². The van der Waals surface area contributed by atoms with Crippen molar-refractivity contribution in [1.82, 2.24) is 19.9 Å². The molecule has 1 N–H and O–H groups in total. The maximum absolute atomic E-state index is 11.7. The molecule has 0 saturated heterocycles. The molecule has 1 aliphatic heterocycles. The predicted octanol–water partition coefficient (Wildman–Crippen LogP) is 2.74. The molecule has 0 amide bonds. The quantitative estimate of drug-likeness (QED) is 0.734. The number of aromatic amines is 1. The van der Waals surface area contributed by atoms with Gasteiger partial charge in [-0.3, -0.25) is 4.90 Å². The molecule has 26 heavy (non-hydrogen) atoms. The molecule has 1 aromatic carbocycles. The lowest BCUT2D eigenvalue weighted by atomic mass is 9.91. The number of methoxy groups -OCH3 is 1. The van der Waals surface area contributed by atoms with Gasteiger partial charge in [0, 0.05) is 25.6 Å². The van der Waals surface area contributed by atoms with E-state index < -0.39 is 5.97 Å². The van der Waals surface area contributed by atoms with Gasteiger partial charge in [-0.05, 0) is 17.7 Å². The molecule has 1 aliphatic rings. The number of fused-ring (bicyclic) bond motifs is 1. The Morgan fingerprint density at radius 3 is 2.88 bits per heavy atom. The van der Waals surface area contributed by atoms with E-state index in [-0.39, 0.29) is 5.92 Å². The van der Waals surface area contributed by atoms with Crippen LogP contribution in [0.4, 0.5) is 0 Å². The van der Waals surface area contributed by atoms with Gasteiger partial charge in [-0.15, -0.1) is 0 Å². The minimum absolute atomic E-state index is 0.218. The molecule has 0 fully saturated rings. The Labute approximate surface area is 151 Å². The van der Waals surface area contributed by atoms with Crippen molar-refractivity contribution < 1.29 is 9.53 Å². The highest BCUT2D eigenvalue weighted by Crippen LogP contribution is 2.31. The van der Waals surface area contributed by atoms with Gasteiger partial charge in [-0.2, -0.15) is 0 Å². The number of carbonyl (C=O) groups is 1. The summed E-state index contributed by atoms with van der Waals surface area (Å²) in [6, 6.07) is 15.9. The first-order chi connectivity index (χ1) is 12.7. The number of carbonyl (C=O) groups excluding carboxylic acids is 1. The van der Waals surface area contributed by atoms with Crippen LogP contribution in [0.15, 0.2) is 54.9 Å². The number of nitrogens with zero attached hydrogens (tertiary/aromatic N) is 3. The molecule has 6 nitrogen and oxygen atoms in total. The summed E-state index contributed by atoms with van der Waals surface area (Å²) >= 11 is 0. The van der Waals surface area contributed by atoms with E-state index in [0.29, 0.717) is 12.2 Å². The number of pyridine rings is 1. The Morgan fingerprint density at radius 2 is 2.08 bits per heavy atom. The summed E-state index contributed by atoms with van der Waals surface area (Å²) < 4.78 is 4.76. The van der Waals surface area contributed by atoms with Crippen LogP contribution in [0.1, 0.15) is 39.1 Å². The van der Waals surface area contributed by atoms with Crippen LogP contribution in [0.25, 0.3) is 0 Å². The fourth-order valence-electron chi connectivity index (χ4n) is 3.48. The highest BCUT2D eigenvalue weighted by atomic mass is 16.5. The molecular weight excluding hydrogens is 328 g/mol. The molecule has 1 atom stereocenters. The van der Waals surface area contributed by atoms with Crippen LogP contribution in [0, 0.1) is 0 Å². The van der Waals surface area contributed by atoms with Gasteiger partial charge in [0.2, 0.25) is 0 Å². The second kappa shape index (κ2) is 7.09. The maximum atomic E-state index is 11.7. The van der Waals surface area contributed by atoms with E-state index >= 15 is 0 Å². The Bertz CT molecular complexity index is 907. The molecule has 6 heteroatoms. The largest absolute Gasteiger partial charge is 0.464 e. The molecule has 3 aromatic rings. The summed E-state index contributed by atoms with van der Waals surface area (Å²) in [7, 11) is 1.37. The van der Waals surface area contributed by atoms with Crippen molar-refractivity contribution in [1.29, 1.82) is 0 Å². The van der Waals surface area contributed by atoms with Crippen molar-refractivity contribution in [2.24, 2.45) is 0 Å². The summed E-state index contributed by atoms with van der Waals surface area (Å²) in [5.74, 6) is -0.196. The molecule has 0 saturated carbocycles. The van der Waals surface area contributed by atoms with Crippen LogP contribution >= 0.6 is 0 Å². The molecule has 2 aromatic heterocycles. The van der Waals surface area contributed by atoms with Crippen molar-refractivity contribution in [3.05, 3.63) is 83.2 Å². The van der Waals surface area contributed by atoms with Crippen molar-refractivity contribution in [3.8, 4) is 0 Å². The second-order valence-corrected chi connectivity index (χ2v) is 6.40. The smallest absolute Gasteiger partial charge is 0.356 e. The number of hydrogen-bond acceptors (Lipinski definition) is 5. The van der Waals surface area contributed by atoms with Crippen LogP contribution in [0.2, 0.25) is 0 Å². The molecule has 1 unspecified atom stereocenters. The van der Waals surface area contributed by atoms with Gasteiger partial charge in [0.15, 0.2) is 0 Å². The van der Waals surface area contributed by atoms with Crippen molar-refractivity contribution in [2.45, 2.75) is 19.0 Å². The highest BCUT2D eigenvalue weighted by Gasteiger charge is 2.29. The molecule has 3 heterocycles. The lowest BCUT2D eigenvalue weighted by Crippen LogP contribution is -2.34. The van der Waals surface area contributed by atoms with Crippen LogP contribution in [-0.2, 0) is 17.8 Å². The minimum atomic E-state index is -0.413. The predicted molar refractivity (Wildman–Crippen MR) is 96.6 cm³/mol. The topological polar surface area (TPSA) is 71.1 Å². The normalized spacial score (nSPS) is 16.9. The molecular formula is C20H20N4O2. The Morgan fingerprint density at radius 1 is 1.23 bits per heavy atom. The zero-order valence-corrected chi connectivity index (χ0v) is 14.6. The molecule has 0 radical (unpaired) electrons. The standard InChI is InChI=1S/C20H20N4O2/c1-26-20(25)17-9-5-8-15(23-17)10-24-11-16(14-6-3-2-4-7-14)19-18(12-24)21-13-22-19/h2-9,13,16H,10-12H2,1H3,(H,21,22). The second-order valence-electron chi connectivity index (χ2n) is 6.40. The zero-order valence-electron chi connectivity index (χ0n) is 14.6. The third-order valence-electron chi connectivity index (χ3n) is 4.69. The van der Waals surface area contributed by atoms with Crippen molar-refractivity contribution in [2.75, 3.05) is 13.7 Å². The summed E-state index contributed by atoms with van der Waals surface area (Å²) in [4.78, 5) is 26.3. The Hall–Kier alpha value is -2.99. The number of benzene rings is 1. The molecule has 0 bridgehead atoms. The Balaban J connectivity index is 1.58. The fourth-order valence-corrected chi connectivity index (χ4v) is 3.48. The van der Waals surface area contributed by atoms with Crippen LogP contribution < -0.4 is 0 Å². The first-order valence-corrected chi connectivity index (χ1v) is 8.58. The lowest BCUT2D eigenvalue weighted by Gasteiger charge is -2.32. The van der Waals surface area contributed by atoms with Gasteiger partial charge in [-0.1, -0.05) is 36.4 Å². The monoisotopic (exact) mass is 348 g/mol. The number of ether oxygens (including phenoxy) is 1. The average molecular weight is 348 g/mol. The first-order valence-electron chi connectivity index (χ1n) is 8.58. The van der Waals surface area contributed by atoms with E-state index in [4.69, 9.17) is 4.74 Å². The zero-order chi connectivity index (χ0) is 17.9. The van der Waals surface area contributed by atoms with Crippen molar-refractivity contribution in [3.63, 3.8) is 0 Å². The minimum Gasteiger partial charge on any atom is -0.464 e. The summed E-state index contributed by atoms with van der Waals surface area (Å²) in [5, 5.41) is 0. The number of aromatic nitrogens is 3. The summed E-state index contributed by atoms with van der Waals surface area (Å²) in [6.07, 6.45) is 1.76. The van der Waals surface area contributed by atoms with E-state index in [1.165, 1.54) is 12.7 Å². The molecule has 0 spiro atoms. The van der Waals surface area contributed by atoms with Crippen LogP contribution in [0.3, 0.4) is 0 Å². The summed E-state index contributed by atoms with van der Waals surface area (Å²) in [5.41, 5.74) is 4.69. The number of imidazole rings is 1. The maximum Gasteiger partial charge on any atom is 0.356 e. The molecule has 0 aliphatic carbocycles. The van der Waals surface area contributed by atoms with Crippen LogP contribution in [-0.4, -0.2) is 39.5 Å². The number of rotatable bonds is 4. The van der Waals surface area contributed by atoms with E-state index in [0.717, 1.165) is 30.2 Å². The highest BCUT2D eigenvalue weighted by molar-refractivity contribution is 5.87. The number of esters is 1. The van der Waals surface area contributed by atoms with E-state index in [1.54, 1.807) is 12.4 Å². The SMILES string of the molecule is COC(=O)c1cccc(CN2Cc3[nH]cnc3C(c3ccccc3)C2)n1. The number of hydrogen-bond donors (Lipinski definition) is 1. The summed E-state index contributed by atoms with van der Waals surface area (Å²) in [6.45, 7) is 2.29. The molecule has 4 rings (SSSR count). The van der Waals surface area contributed by atoms with E-state index in [2.05, 4.69) is 44.1 Å². The Kier molecular flexibility index (Phi) is 4.50. The lowest BCUT2D eigenvalue weighted by molar-refractivity contribution is 0.0593. The number of H-pyrrole nitrogens is 1. The van der Waals surface area contributed by atoms with Gasteiger partial charge in [0.05, 0.1) is 30.5 Å². The fraction of sp³-hybridized carbons (Fsp3) is 0.250. The van der Waals surface area contributed by atoms with Crippen LogP contribution in [0.5, 0.6) is 0 Å².